The van der Waals surface area contributed by atoms with Gasteiger partial charge in [-0.2, -0.15) is 0 Å². The summed E-state index contributed by atoms with van der Waals surface area (Å²) in [5.41, 5.74) is 0.530. The van der Waals surface area contributed by atoms with E-state index >= 15 is 0 Å². The van der Waals surface area contributed by atoms with E-state index in [0.717, 1.165) is 0 Å². The number of sulfonamides is 1. The number of carbonyl (C=O) groups excluding carboxylic acids is 1. The van der Waals surface area contributed by atoms with Crippen LogP contribution in [0.5, 0.6) is 5.88 Å². The standard InChI is InChI=1S/C15H17N5O4S2/c1-3-12(21)19-15(25)18-10-4-6-11(7-5-10)26(22,23)20-13-14(24-2)17-9-8-16-13/h4-9H,3H2,1-2H3,(H,16,20)(H2,18,19,21,25). The van der Waals surface area contributed by atoms with Crippen LogP contribution in [-0.2, 0) is 14.8 Å². The number of ether oxygens (including phenoxy) is 1. The first-order valence-corrected chi connectivity index (χ1v) is 9.33. The highest BCUT2D eigenvalue weighted by Gasteiger charge is 2.18. The predicted molar refractivity (Wildman–Crippen MR) is 100 cm³/mol. The Balaban J connectivity index is 2.11. The number of nitrogens with zero attached hydrogens (tertiary/aromatic N) is 2. The molecule has 9 nitrogen and oxygen atoms in total. The van der Waals surface area contributed by atoms with Gasteiger partial charge in [0.1, 0.15) is 0 Å². The maximum absolute atomic E-state index is 12.4. The van der Waals surface area contributed by atoms with E-state index in [-0.39, 0.29) is 27.6 Å². The zero-order valence-electron chi connectivity index (χ0n) is 14.0. The fourth-order valence-electron chi connectivity index (χ4n) is 1.83. The SMILES string of the molecule is CCC(=O)NC(=S)Nc1ccc(S(=O)(=O)Nc2nccnc2OC)cc1. The van der Waals surface area contributed by atoms with Gasteiger partial charge in [0, 0.05) is 24.5 Å². The lowest BCUT2D eigenvalue weighted by Crippen LogP contribution is -2.33. The first kappa shape index (κ1) is 19.5. The van der Waals surface area contributed by atoms with Crippen LogP contribution in [-0.4, -0.2) is 36.5 Å². The van der Waals surface area contributed by atoms with Crippen molar-refractivity contribution < 1.29 is 17.9 Å². The van der Waals surface area contributed by atoms with E-state index < -0.39 is 10.0 Å². The molecule has 1 aromatic carbocycles. The summed E-state index contributed by atoms with van der Waals surface area (Å²) >= 11 is 5.00. The first-order valence-electron chi connectivity index (χ1n) is 7.44. The van der Waals surface area contributed by atoms with Crippen molar-refractivity contribution in [2.45, 2.75) is 18.2 Å². The van der Waals surface area contributed by atoms with Crippen LogP contribution in [0.2, 0.25) is 0 Å². The van der Waals surface area contributed by atoms with Crippen molar-refractivity contribution >= 4 is 44.8 Å². The van der Waals surface area contributed by atoms with Crippen LogP contribution in [0.25, 0.3) is 0 Å². The Hall–Kier alpha value is -2.79. The Labute approximate surface area is 156 Å². The minimum absolute atomic E-state index is 0.0132. The van der Waals surface area contributed by atoms with E-state index in [9.17, 15) is 13.2 Å². The second-order valence-corrected chi connectivity index (χ2v) is 6.99. The Morgan fingerprint density at radius 3 is 2.46 bits per heavy atom. The maximum atomic E-state index is 12.4. The van der Waals surface area contributed by atoms with Gasteiger partial charge in [0.15, 0.2) is 5.11 Å². The number of hydrogen-bond acceptors (Lipinski definition) is 7. The van der Waals surface area contributed by atoms with Gasteiger partial charge >= 0.3 is 0 Å². The molecular formula is C15H17N5O4S2. The topological polar surface area (TPSA) is 122 Å². The summed E-state index contributed by atoms with van der Waals surface area (Å²) in [5.74, 6) is -0.171. The number of rotatable bonds is 6. The fourth-order valence-corrected chi connectivity index (χ4v) is 3.06. The predicted octanol–water partition coefficient (Wildman–Crippen LogP) is 1.51. The smallest absolute Gasteiger partial charge is 0.263 e. The molecule has 138 valence electrons. The molecule has 0 aliphatic rings. The van der Waals surface area contributed by atoms with Crippen molar-refractivity contribution in [3.8, 4) is 5.88 Å². The molecule has 0 aliphatic carbocycles. The van der Waals surface area contributed by atoms with E-state index in [4.69, 9.17) is 17.0 Å². The third-order valence-corrected chi connectivity index (χ3v) is 4.64. The van der Waals surface area contributed by atoms with Crippen LogP contribution >= 0.6 is 12.2 Å². The summed E-state index contributed by atoms with van der Waals surface area (Å²) in [7, 11) is -2.51. The average molecular weight is 395 g/mol. The normalized spacial score (nSPS) is 10.7. The van der Waals surface area contributed by atoms with Crippen molar-refractivity contribution in [1.82, 2.24) is 15.3 Å². The molecule has 2 aromatic rings. The molecule has 0 saturated heterocycles. The van der Waals surface area contributed by atoms with Crippen LogP contribution in [0.4, 0.5) is 11.5 Å². The summed E-state index contributed by atoms with van der Waals surface area (Å²) in [5, 5.41) is 5.42. The minimum atomic E-state index is -3.88. The Morgan fingerprint density at radius 1 is 1.19 bits per heavy atom. The molecule has 3 N–H and O–H groups in total. The number of benzene rings is 1. The molecule has 0 bridgehead atoms. The van der Waals surface area contributed by atoms with Gasteiger partial charge in [-0.25, -0.2) is 18.4 Å². The molecule has 1 amide bonds. The third-order valence-electron chi connectivity index (χ3n) is 3.09. The molecule has 0 atom stereocenters. The van der Waals surface area contributed by atoms with Gasteiger partial charge in [-0.3, -0.25) is 9.52 Å². The lowest BCUT2D eigenvalue weighted by Gasteiger charge is -2.11. The molecule has 0 unspecified atom stereocenters. The van der Waals surface area contributed by atoms with E-state index in [1.54, 1.807) is 6.92 Å². The molecule has 0 radical (unpaired) electrons. The molecule has 2 rings (SSSR count). The number of methoxy groups -OCH3 is 1. The van der Waals surface area contributed by atoms with Crippen LogP contribution in [0, 0.1) is 0 Å². The highest BCUT2D eigenvalue weighted by molar-refractivity contribution is 7.92. The van der Waals surface area contributed by atoms with Crippen LogP contribution in [0.3, 0.4) is 0 Å². The maximum Gasteiger partial charge on any atom is 0.263 e. The summed E-state index contributed by atoms with van der Waals surface area (Å²) < 4.78 is 32.2. The molecule has 1 aromatic heterocycles. The van der Waals surface area contributed by atoms with Crippen LogP contribution in [0.15, 0.2) is 41.6 Å². The summed E-state index contributed by atoms with van der Waals surface area (Å²) in [4.78, 5) is 19.1. The van der Waals surface area contributed by atoms with Gasteiger partial charge in [0.25, 0.3) is 15.9 Å². The summed E-state index contributed by atoms with van der Waals surface area (Å²) in [6.45, 7) is 1.71. The zero-order chi connectivity index (χ0) is 19.2. The van der Waals surface area contributed by atoms with Gasteiger partial charge in [-0.05, 0) is 36.5 Å². The molecule has 0 fully saturated rings. The van der Waals surface area contributed by atoms with Gasteiger partial charge in [0.05, 0.1) is 12.0 Å². The quantitative estimate of drug-likeness (QED) is 0.629. The monoisotopic (exact) mass is 395 g/mol. The van der Waals surface area contributed by atoms with Crippen molar-refractivity contribution in [2.75, 3.05) is 17.1 Å². The molecule has 0 saturated carbocycles. The Morgan fingerprint density at radius 2 is 1.85 bits per heavy atom. The molecule has 26 heavy (non-hydrogen) atoms. The molecule has 0 aliphatic heterocycles. The van der Waals surface area contributed by atoms with Gasteiger partial charge in [0.2, 0.25) is 11.7 Å². The lowest BCUT2D eigenvalue weighted by atomic mass is 10.3. The number of anilines is 2. The Bertz CT molecular complexity index is 901. The second kappa shape index (κ2) is 8.54. The van der Waals surface area contributed by atoms with E-state index in [1.807, 2.05) is 0 Å². The Kier molecular flexibility index (Phi) is 6.41. The number of carbonyl (C=O) groups is 1. The van der Waals surface area contributed by atoms with E-state index in [1.165, 1.54) is 43.8 Å². The largest absolute Gasteiger partial charge is 0.478 e. The van der Waals surface area contributed by atoms with Gasteiger partial charge < -0.3 is 15.4 Å². The summed E-state index contributed by atoms with van der Waals surface area (Å²) in [6.07, 6.45) is 3.03. The van der Waals surface area contributed by atoms with Crippen molar-refractivity contribution in [3.05, 3.63) is 36.7 Å². The van der Waals surface area contributed by atoms with Crippen molar-refractivity contribution in [1.29, 1.82) is 0 Å². The number of thiocarbonyl (C=S) groups is 1. The van der Waals surface area contributed by atoms with Crippen molar-refractivity contribution in [3.63, 3.8) is 0 Å². The molecule has 0 spiro atoms. The zero-order valence-corrected chi connectivity index (χ0v) is 15.6. The van der Waals surface area contributed by atoms with Crippen molar-refractivity contribution in [2.24, 2.45) is 0 Å². The van der Waals surface area contributed by atoms with E-state index in [2.05, 4.69) is 25.3 Å². The summed E-state index contributed by atoms with van der Waals surface area (Å²) in [6, 6.07) is 5.81. The number of amides is 1. The highest BCUT2D eigenvalue weighted by Crippen LogP contribution is 2.22. The number of hydrogen-bond donors (Lipinski definition) is 3. The highest BCUT2D eigenvalue weighted by atomic mass is 32.2. The first-order chi connectivity index (χ1) is 12.4. The number of aromatic nitrogens is 2. The number of nitrogens with one attached hydrogen (secondary N) is 3. The minimum Gasteiger partial charge on any atom is -0.478 e. The van der Waals surface area contributed by atoms with Crippen LogP contribution < -0.4 is 20.1 Å². The molecular weight excluding hydrogens is 378 g/mol. The van der Waals surface area contributed by atoms with Gasteiger partial charge in [-0.1, -0.05) is 6.92 Å². The third kappa shape index (κ3) is 5.10. The molecule has 1 heterocycles. The molecule has 11 heteroatoms. The van der Waals surface area contributed by atoms with Gasteiger partial charge in [-0.15, -0.1) is 0 Å². The average Bonchev–Trinajstić information content (AvgIpc) is 2.62. The van der Waals surface area contributed by atoms with Crippen LogP contribution in [0.1, 0.15) is 13.3 Å². The lowest BCUT2D eigenvalue weighted by molar-refractivity contribution is -0.119. The second-order valence-electron chi connectivity index (χ2n) is 4.90. The fraction of sp³-hybridized carbons (Fsp3) is 0.200. The van der Waals surface area contributed by atoms with E-state index in [0.29, 0.717) is 12.1 Å².